The zero-order chi connectivity index (χ0) is 25.8. The average molecular weight is 480 g/mol. The highest BCUT2D eigenvalue weighted by atomic mass is 16.6. The number of esters is 1. The molecule has 2 aromatic carbocycles. The van der Waals surface area contributed by atoms with Crippen LogP contribution in [-0.2, 0) is 19.1 Å². The van der Waals surface area contributed by atoms with Gasteiger partial charge in [-0.05, 0) is 56.2 Å². The van der Waals surface area contributed by atoms with E-state index in [1.165, 1.54) is 21.3 Å². The SMILES string of the molecule is COc1cc(C=C2C(=O)N(CC(=O)OC(C)(C)C)C(=O)C2=Cc2ccccc2)cc(OC)c1OC. The first-order chi connectivity index (χ1) is 16.6. The van der Waals surface area contributed by atoms with E-state index in [0.29, 0.717) is 22.8 Å². The summed E-state index contributed by atoms with van der Waals surface area (Å²) >= 11 is 0. The monoisotopic (exact) mass is 479 g/mol. The lowest BCUT2D eigenvalue weighted by Gasteiger charge is -2.21. The Bertz CT molecular complexity index is 1160. The first kappa shape index (κ1) is 25.6. The molecule has 0 bridgehead atoms. The van der Waals surface area contributed by atoms with E-state index < -0.39 is 29.9 Å². The Hall–Kier alpha value is -4.07. The van der Waals surface area contributed by atoms with Crippen molar-refractivity contribution in [2.75, 3.05) is 27.9 Å². The van der Waals surface area contributed by atoms with Crippen LogP contribution >= 0.6 is 0 Å². The van der Waals surface area contributed by atoms with E-state index in [1.807, 2.05) is 30.3 Å². The van der Waals surface area contributed by atoms with Gasteiger partial charge < -0.3 is 18.9 Å². The van der Waals surface area contributed by atoms with E-state index in [9.17, 15) is 14.4 Å². The third kappa shape index (κ3) is 5.90. The lowest BCUT2D eigenvalue weighted by molar-refractivity contribution is -0.160. The molecule has 8 nitrogen and oxygen atoms in total. The molecule has 1 aliphatic rings. The zero-order valence-corrected chi connectivity index (χ0v) is 20.7. The molecule has 35 heavy (non-hydrogen) atoms. The molecule has 0 atom stereocenters. The molecule has 0 aliphatic carbocycles. The van der Waals surface area contributed by atoms with Crippen molar-refractivity contribution in [2.45, 2.75) is 26.4 Å². The number of hydrogen-bond acceptors (Lipinski definition) is 7. The summed E-state index contributed by atoms with van der Waals surface area (Å²) in [6.45, 7) is 4.66. The molecule has 0 unspecified atom stereocenters. The van der Waals surface area contributed by atoms with E-state index in [1.54, 1.807) is 45.1 Å². The molecule has 1 fully saturated rings. The van der Waals surface area contributed by atoms with Crippen molar-refractivity contribution in [3.63, 3.8) is 0 Å². The van der Waals surface area contributed by atoms with Gasteiger partial charge in [0.15, 0.2) is 11.5 Å². The summed E-state index contributed by atoms with van der Waals surface area (Å²) < 4.78 is 21.5. The Labute approximate surface area is 204 Å². The van der Waals surface area contributed by atoms with Gasteiger partial charge in [-0.3, -0.25) is 19.3 Å². The van der Waals surface area contributed by atoms with Gasteiger partial charge in [-0.1, -0.05) is 30.3 Å². The number of imide groups is 1. The fraction of sp³-hybridized carbons (Fsp3) is 0.296. The maximum atomic E-state index is 13.4. The minimum atomic E-state index is -0.750. The maximum absolute atomic E-state index is 13.4. The van der Waals surface area contributed by atoms with Gasteiger partial charge in [-0.15, -0.1) is 0 Å². The minimum Gasteiger partial charge on any atom is -0.493 e. The van der Waals surface area contributed by atoms with Crippen LogP contribution in [0.1, 0.15) is 31.9 Å². The van der Waals surface area contributed by atoms with E-state index >= 15 is 0 Å². The fourth-order valence-corrected chi connectivity index (χ4v) is 3.61. The second kappa shape index (κ2) is 10.5. The lowest BCUT2D eigenvalue weighted by atomic mass is 10.0. The number of likely N-dealkylation sites (tertiary alicyclic amines) is 1. The molecule has 184 valence electrons. The summed E-state index contributed by atoms with van der Waals surface area (Å²) in [6, 6.07) is 12.5. The summed E-state index contributed by atoms with van der Waals surface area (Å²) in [5.41, 5.74) is 0.836. The number of nitrogens with zero attached hydrogens (tertiary/aromatic N) is 1. The number of methoxy groups -OCH3 is 3. The molecular weight excluding hydrogens is 450 g/mol. The number of hydrogen-bond donors (Lipinski definition) is 0. The molecule has 1 aliphatic heterocycles. The molecular formula is C27H29NO7. The molecule has 0 spiro atoms. The summed E-state index contributed by atoms with van der Waals surface area (Å²) in [7, 11) is 4.47. The average Bonchev–Trinajstić information content (AvgIpc) is 3.02. The van der Waals surface area contributed by atoms with E-state index in [-0.39, 0.29) is 11.1 Å². The Kier molecular flexibility index (Phi) is 7.64. The summed E-state index contributed by atoms with van der Waals surface area (Å²) in [4.78, 5) is 40.0. The molecule has 3 rings (SSSR count). The molecule has 0 saturated carbocycles. The normalized spacial score (nSPS) is 16.1. The maximum Gasteiger partial charge on any atom is 0.326 e. The van der Waals surface area contributed by atoms with Crippen molar-refractivity contribution >= 4 is 29.9 Å². The van der Waals surface area contributed by atoms with E-state index in [4.69, 9.17) is 18.9 Å². The smallest absolute Gasteiger partial charge is 0.326 e. The fourth-order valence-electron chi connectivity index (χ4n) is 3.61. The highest BCUT2D eigenvalue weighted by Crippen LogP contribution is 2.39. The molecule has 0 aromatic heterocycles. The lowest BCUT2D eigenvalue weighted by Crippen LogP contribution is -2.38. The van der Waals surface area contributed by atoms with Gasteiger partial charge in [0, 0.05) is 0 Å². The molecule has 8 heteroatoms. The van der Waals surface area contributed by atoms with Crippen molar-refractivity contribution in [2.24, 2.45) is 0 Å². The summed E-state index contributed by atoms with van der Waals surface area (Å²) in [5.74, 6) is -0.658. The second-order valence-electron chi connectivity index (χ2n) is 8.77. The number of carbonyl (C=O) groups is 3. The zero-order valence-electron chi connectivity index (χ0n) is 20.7. The Morgan fingerprint density at radius 3 is 1.80 bits per heavy atom. The van der Waals surface area contributed by atoms with Crippen molar-refractivity contribution in [1.29, 1.82) is 0 Å². The molecule has 0 radical (unpaired) electrons. The number of ether oxygens (including phenoxy) is 4. The van der Waals surface area contributed by atoms with Gasteiger partial charge in [0.1, 0.15) is 12.1 Å². The molecule has 2 aromatic rings. The van der Waals surface area contributed by atoms with Gasteiger partial charge in [0.25, 0.3) is 11.8 Å². The predicted molar refractivity (Wildman–Crippen MR) is 131 cm³/mol. The molecule has 1 saturated heterocycles. The van der Waals surface area contributed by atoms with Crippen molar-refractivity contribution in [3.8, 4) is 17.2 Å². The largest absolute Gasteiger partial charge is 0.493 e. The van der Waals surface area contributed by atoms with Crippen molar-refractivity contribution in [1.82, 2.24) is 4.90 Å². The van der Waals surface area contributed by atoms with Crippen LogP contribution in [0, 0.1) is 0 Å². The van der Waals surface area contributed by atoms with Crippen LogP contribution in [-0.4, -0.2) is 56.2 Å². The van der Waals surface area contributed by atoms with Crippen LogP contribution in [0.15, 0.2) is 53.6 Å². The van der Waals surface area contributed by atoms with Crippen LogP contribution in [0.3, 0.4) is 0 Å². The number of amides is 2. The van der Waals surface area contributed by atoms with Crippen LogP contribution in [0.4, 0.5) is 0 Å². The van der Waals surface area contributed by atoms with Crippen LogP contribution in [0.25, 0.3) is 12.2 Å². The number of rotatable bonds is 7. The highest BCUT2D eigenvalue weighted by molar-refractivity contribution is 6.28. The van der Waals surface area contributed by atoms with Crippen LogP contribution in [0.5, 0.6) is 17.2 Å². The first-order valence-corrected chi connectivity index (χ1v) is 10.9. The van der Waals surface area contributed by atoms with Gasteiger partial charge >= 0.3 is 5.97 Å². The van der Waals surface area contributed by atoms with E-state index in [2.05, 4.69) is 0 Å². The van der Waals surface area contributed by atoms with Crippen molar-refractivity contribution in [3.05, 3.63) is 64.7 Å². The van der Waals surface area contributed by atoms with Crippen LogP contribution in [0.2, 0.25) is 0 Å². The Morgan fingerprint density at radius 1 is 0.829 bits per heavy atom. The van der Waals surface area contributed by atoms with E-state index in [0.717, 1.165) is 10.5 Å². The summed E-state index contributed by atoms with van der Waals surface area (Å²) in [6.07, 6.45) is 3.19. The molecule has 0 N–H and O–H groups in total. The molecule has 1 heterocycles. The van der Waals surface area contributed by atoms with Gasteiger partial charge in [0.2, 0.25) is 5.75 Å². The standard InChI is InChI=1S/C27H29NO7/c1-27(2,3)35-23(29)16-28-25(30)19(12-17-10-8-7-9-11-17)20(26(28)31)13-18-14-21(32-4)24(34-6)22(15-18)33-5/h7-15H,16H2,1-6H3. The third-order valence-corrected chi connectivity index (χ3v) is 5.06. The quantitative estimate of drug-likeness (QED) is 0.338. The van der Waals surface area contributed by atoms with Crippen LogP contribution < -0.4 is 14.2 Å². The van der Waals surface area contributed by atoms with Gasteiger partial charge in [-0.2, -0.15) is 0 Å². The predicted octanol–water partition coefficient (Wildman–Crippen LogP) is 3.89. The Morgan fingerprint density at radius 2 is 1.34 bits per heavy atom. The Balaban J connectivity index is 2.10. The van der Waals surface area contributed by atoms with Gasteiger partial charge in [0.05, 0.1) is 32.5 Å². The highest BCUT2D eigenvalue weighted by Gasteiger charge is 2.40. The first-order valence-electron chi connectivity index (χ1n) is 10.9. The third-order valence-electron chi connectivity index (χ3n) is 5.06. The second-order valence-corrected chi connectivity index (χ2v) is 8.77. The van der Waals surface area contributed by atoms with Crippen molar-refractivity contribution < 1.29 is 33.3 Å². The number of carbonyl (C=O) groups excluding carboxylic acids is 3. The van der Waals surface area contributed by atoms with Gasteiger partial charge in [-0.25, -0.2) is 0 Å². The number of benzene rings is 2. The topological polar surface area (TPSA) is 91.4 Å². The summed E-state index contributed by atoms with van der Waals surface area (Å²) in [5, 5.41) is 0. The minimum absolute atomic E-state index is 0.136. The molecule has 2 amide bonds.